The van der Waals surface area contributed by atoms with Gasteiger partial charge in [0, 0.05) is 19.2 Å². The van der Waals surface area contributed by atoms with E-state index < -0.39 is 0 Å². The van der Waals surface area contributed by atoms with Crippen LogP contribution in [0.3, 0.4) is 0 Å². The Morgan fingerprint density at radius 2 is 2.07 bits per heavy atom. The number of halogens is 1. The third-order valence-corrected chi connectivity index (χ3v) is 3.13. The topological polar surface area (TPSA) is 40.5 Å². The van der Waals surface area contributed by atoms with E-state index in [0.29, 0.717) is 13.0 Å². The number of nitrogens with zero attached hydrogens (tertiary/aromatic N) is 1. The van der Waals surface area contributed by atoms with Gasteiger partial charge in [0.1, 0.15) is 0 Å². The summed E-state index contributed by atoms with van der Waals surface area (Å²) in [5.41, 5.74) is 0. The van der Waals surface area contributed by atoms with Gasteiger partial charge in [-0.25, -0.2) is 0 Å². The first kappa shape index (κ1) is 13.9. The molecule has 0 aliphatic rings. The molecule has 0 bridgehead atoms. The van der Waals surface area contributed by atoms with Crippen molar-refractivity contribution >= 4 is 21.8 Å². The fourth-order valence-corrected chi connectivity index (χ4v) is 1.48. The molecule has 3 nitrogen and oxygen atoms in total. The lowest BCUT2D eigenvalue weighted by Gasteiger charge is -2.28. The van der Waals surface area contributed by atoms with Crippen molar-refractivity contribution in [3.63, 3.8) is 0 Å². The quantitative estimate of drug-likeness (QED) is 0.744. The van der Waals surface area contributed by atoms with Gasteiger partial charge in [-0.15, -0.1) is 0 Å². The third-order valence-electron chi connectivity index (χ3n) is 2.09. The Hall–Kier alpha value is -0.0900. The molecule has 0 radical (unpaired) electrons. The first-order valence-electron chi connectivity index (χ1n) is 5.10. The number of carbonyl (C=O) groups excluding carboxylic acids is 1. The van der Waals surface area contributed by atoms with Crippen LogP contribution in [0.5, 0.6) is 0 Å². The number of carbonyl (C=O) groups is 1. The maximum Gasteiger partial charge on any atom is 0.236 e. The summed E-state index contributed by atoms with van der Waals surface area (Å²) < 4.78 is 0. The number of alkyl halides is 1. The van der Waals surface area contributed by atoms with Gasteiger partial charge in [0.25, 0.3) is 0 Å². The fraction of sp³-hybridized carbons (Fsp3) is 0.900. The molecule has 0 saturated heterocycles. The highest BCUT2D eigenvalue weighted by molar-refractivity contribution is 9.10. The van der Waals surface area contributed by atoms with E-state index in [1.165, 1.54) is 0 Å². The van der Waals surface area contributed by atoms with Crippen LogP contribution in [0, 0.1) is 0 Å². The Morgan fingerprint density at radius 1 is 1.50 bits per heavy atom. The minimum atomic E-state index is -0.0939. The Morgan fingerprint density at radius 3 is 2.43 bits per heavy atom. The van der Waals surface area contributed by atoms with Gasteiger partial charge in [0.05, 0.1) is 4.83 Å². The Bertz CT molecular complexity index is 174. The van der Waals surface area contributed by atoms with E-state index in [1.54, 1.807) is 4.90 Å². The molecule has 0 aromatic carbocycles. The van der Waals surface area contributed by atoms with Crippen molar-refractivity contribution in [1.29, 1.82) is 0 Å². The molecule has 0 heterocycles. The number of aliphatic hydroxyl groups is 1. The fourth-order valence-electron chi connectivity index (χ4n) is 1.22. The molecule has 84 valence electrons. The molecule has 1 unspecified atom stereocenters. The molecule has 1 amide bonds. The molecular formula is C10H20BrNO2. The molecule has 4 heteroatoms. The number of amides is 1. The average molecular weight is 266 g/mol. The summed E-state index contributed by atoms with van der Waals surface area (Å²) in [5, 5.41) is 8.72. The summed E-state index contributed by atoms with van der Waals surface area (Å²) in [6, 6.07) is 0.195. The van der Waals surface area contributed by atoms with Gasteiger partial charge in [-0.1, -0.05) is 22.9 Å². The lowest BCUT2D eigenvalue weighted by atomic mass is 10.2. The smallest absolute Gasteiger partial charge is 0.236 e. The minimum Gasteiger partial charge on any atom is -0.396 e. The molecule has 0 saturated carbocycles. The van der Waals surface area contributed by atoms with Crippen molar-refractivity contribution in [2.24, 2.45) is 0 Å². The van der Waals surface area contributed by atoms with Gasteiger partial charge in [0.15, 0.2) is 0 Å². The molecule has 0 aliphatic carbocycles. The second-order valence-corrected chi connectivity index (χ2v) is 4.68. The largest absolute Gasteiger partial charge is 0.396 e. The molecular weight excluding hydrogens is 246 g/mol. The number of hydrogen-bond acceptors (Lipinski definition) is 2. The van der Waals surface area contributed by atoms with Gasteiger partial charge in [-0.3, -0.25) is 4.79 Å². The molecule has 0 aromatic rings. The van der Waals surface area contributed by atoms with Crippen molar-refractivity contribution in [1.82, 2.24) is 4.90 Å². The molecule has 1 atom stereocenters. The molecule has 1 N–H and O–H groups in total. The molecule has 0 aliphatic heterocycles. The van der Waals surface area contributed by atoms with Crippen LogP contribution in [0.1, 0.15) is 33.6 Å². The summed E-state index contributed by atoms with van der Waals surface area (Å²) in [6.07, 6.45) is 1.44. The summed E-state index contributed by atoms with van der Waals surface area (Å²) in [6.45, 7) is 6.72. The van der Waals surface area contributed by atoms with E-state index in [-0.39, 0.29) is 23.4 Å². The molecule has 14 heavy (non-hydrogen) atoms. The van der Waals surface area contributed by atoms with E-state index in [1.807, 2.05) is 20.8 Å². The van der Waals surface area contributed by atoms with E-state index in [9.17, 15) is 4.79 Å². The lowest BCUT2D eigenvalue weighted by Crippen LogP contribution is -2.42. The van der Waals surface area contributed by atoms with Crippen molar-refractivity contribution in [2.45, 2.75) is 44.5 Å². The van der Waals surface area contributed by atoms with Crippen LogP contribution in [0.2, 0.25) is 0 Å². The van der Waals surface area contributed by atoms with Crippen LogP contribution < -0.4 is 0 Å². The summed E-state index contributed by atoms with van der Waals surface area (Å²) in [5.74, 6) is 0.121. The highest BCUT2D eigenvalue weighted by Gasteiger charge is 2.21. The number of rotatable bonds is 6. The van der Waals surface area contributed by atoms with Crippen LogP contribution in [0.25, 0.3) is 0 Å². The highest BCUT2D eigenvalue weighted by Crippen LogP contribution is 2.12. The summed E-state index contributed by atoms with van der Waals surface area (Å²) >= 11 is 3.35. The zero-order valence-corrected chi connectivity index (χ0v) is 10.7. The average Bonchev–Trinajstić information content (AvgIpc) is 2.16. The van der Waals surface area contributed by atoms with E-state index in [4.69, 9.17) is 5.11 Å². The summed E-state index contributed by atoms with van der Waals surface area (Å²) in [7, 11) is 0. The standard InChI is InChI=1S/C10H20BrNO2/c1-4-9(11)10(14)12(8(2)3)6-5-7-13/h8-9,13H,4-7H2,1-3H3. The van der Waals surface area contributed by atoms with Crippen LogP contribution in [-0.4, -0.2) is 39.9 Å². The summed E-state index contributed by atoms with van der Waals surface area (Å²) in [4.78, 5) is 13.5. The van der Waals surface area contributed by atoms with Crippen molar-refractivity contribution < 1.29 is 9.90 Å². The Kier molecular flexibility index (Phi) is 7.19. The zero-order valence-electron chi connectivity index (χ0n) is 9.16. The van der Waals surface area contributed by atoms with Gasteiger partial charge in [0.2, 0.25) is 5.91 Å². The van der Waals surface area contributed by atoms with Gasteiger partial charge < -0.3 is 10.0 Å². The van der Waals surface area contributed by atoms with E-state index >= 15 is 0 Å². The zero-order chi connectivity index (χ0) is 11.1. The van der Waals surface area contributed by atoms with Crippen LogP contribution in [0.4, 0.5) is 0 Å². The maximum atomic E-state index is 11.8. The van der Waals surface area contributed by atoms with Crippen LogP contribution >= 0.6 is 15.9 Å². The second-order valence-electron chi connectivity index (χ2n) is 3.58. The highest BCUT2D eigenvalue weighted by atomic mass is 79.9. The van der Waals surface area contributed by atoms with Gasteiger partial charge in [-0.2, -0.15) is 0 Å². The van der Waals surface area contributed by atoms with Crippen molar-refractivity contribution in [2.75, 3.05) is 13.2 Å². The Balaban J connectivity index is 4.25. The van der Waals surface area contributed by atoms with E-state index in [0.717, 1.165) is 6.42 Å². The minimum absolute atomic E-state index is 0.0939. The SMILES string of the molecule is CCC(Br)C(=O)N(CCCO)C(C)C. The predicted octanol–water partition coefficient (Wildman–Crippen LogP) is 1.78. The monoisotopic (exact) mass is 265 g/mol. The third kappa shape index (κ3) is 4.42. The van der Waals surface area contributed by atoms with Crippen molar-refractivity contribution in [3.8, 4) is 0 Å². The van der Waals surface area contributed by atoms with Crippen molar-refractivity contribution in [3.05, 3.63) is 0 Å². The van der Waals surface area contributed by atoms with E-state index in [2.05, 4.69) is 15.9 Å². The first-order chi connectivity index (χ1) is 6.54. The van der Waals surface area contributed by atoms with Gasteiger partial charge >= 0.3 is 0 Å². The molecule has 0 fully saturated rings. The van der Waals surface area contributed by atoms with Gasteiger partial charge in [-0.05, 0) is 26.7 Å². The molecule has 0 spiro atoms. The second kappa shape index (κ2) is 7.23. The number of hydrogen-bond donors (Lipinski definition) is 1. The van der Waals surface area contributed by atoms with Crippen LogP contribution in [-0.2, 0) is 4.79 Å². The van der Waals surface area contributed by atoms with Crippen LogP contribution in [0.15, 0.2) is 0 Å². The first-order valence-corrected chi connectivity index (χ1v) is 6.01. The number of aliphatic hydroxyl groups excluding tert-OH is 1. The maximum absolute atomic E-state index is 11.8. The predicted molar refractivity (Wildman–Crippen MR) is 61.6 cm³/mol. The Labute approximate surface area is 94.6 Å². The normalized spacial score (nSPS) is 13.0. The lowest BCUT2D eigenvalue weighted by molar-refractivity contribution is -0.132. The molecule has 0 aromatic heterocycles. The molecule has 0 rings (SSSR count).